The number of piperidine rings is 2. The number of hydrogen-bond acceptors (Lipinski definition) is 10. The molecule has 0 aliphatic carbocycles. The van der Waals surface area contributed by atoms with Crippen LogP contribution in [0.15, 0.2) is 35.1 Å². The minimum atomic E-state index is -0.600. The van der Waals surface area contributed by atoms with Crippen LogP contribution in [0.25, 0.3) is 10.9 Å². The largest absolute Gasteiger partial charge is 0.381 e. The number of anilines is 2. The van der Waals surface area contributed by atoms with Gasteiger partial charge in [-0.15, -0.1) is 0 Å². The van der Waals surface area contributed by atoms with Gasteiger partial charge in [0.25, 0.3) is 5.56 Å². The average Bonchev–Trinajstić information content (AvgIpc) is 3.14. The SMILES string of the molecule is O=C1CCC(Nc2ccc(N3CCN(CCN4CCC(C#Cc5cc(F)c6c(=O)[nH]c(CSC7CCOCC7)nc6c5)CC4)CC3)c(F)c2)C(=O)N1. The number of aromatic amines is 1. The second-order valence-corrected chi connectivity index (χ2v) is 15.3. The van der Waals surface area contributed by atoms with E-state index in [0.29, 0.717) is 45.7 Å². The molecule has 7 rings (SSSR count). The van der Waals surface area contributed by atoms with Crippen LogP contribution >= 0.6 is 11.8 Å². The van der Waals surface area contributed by atoms with Crippen molar-refractivity contribution < 1.29 is 23.1 Å². The van der Waals surface area contributed by atoms with Gasteiger partial charge in [-0.2, -0.15) is 11.8 Å². The number of carbonyl (C=O) groups excluding carboxylic acids is 2. The van der Waals surface area contributed by atoms with Crippen molar-refractivity contribution in [2.45, 2.75) is 55.6 Å². The van der Waals surface area contributed by atoms with Crippen LogP contribution in [0.4, 0.5) is 20.2 Å². The van der Waals surface area contributed by atoms with Gasteiger partial charge in [0.1, 0.15) is 28.9 Å². The number of ether oxygens (including phenoxy) is 1. The predicted octanol–water partition coefficient (Wildman–Crippen LogP) is 3.72. The first kappa shape index (κ1) is 36.3. The Hall–Kier alpha value is -4.03. The summed E-state index contributed by atoms with van der Waals surface area (Å²) in [5.74, 6) is 6.25. The monoisotopic (exact) mass is 733 g/mol. The van der Waals surface area contributed by atoms with E-state index in [1.165, 1.54) is 12.1 Å². The number of piperazine rings is 1. The highest BCUT2D eigenvalue weighted by Crippen LogP contribution is 2.27. The number of rotatable bonds is 9. The van der Waals surface area contributed by atoms with E-state index in [1.54, 1.807) is 30.0 Å². The molecule has 2 amide bonds. The maximum atomic E-state index is 15.1. The van der Waals surface area contributed by atoms with Crippen LogP contribution in [0.2, 0.25) is 0 Å². The molecule has 3 aromatic rings. The van der Waals surface area contributed by atoms with E-state index < -0.39 is 17.4 Å². The van der Waals surface area contributed by atoms with Gasteiger partial charge in [-0.25, -0.2) is 13.8 Å². The van der Waals surface area contributed by atoms with E-state index in [4.69, 9.17) is 4.74 Å². The number of hydrogen-bond donors (Lipinski definition) is 3. The van der Waals surface area contributed by atoms with Crippen molar-refractivity contribution in [3.05, 3.63) is 63.7 Å². The Morgan fingerprint density at radius 2 is 1.65 bits per heavy atom. The van der Waals surface area contributed by atoms with Crippen molar-refractivity contribution in [3.63, 3.8) is 0 Å². The molecule has 276 valence electrons. The number of benzene rings is 2. The average molecular weight is 734 g/mol. The number of fused-ring (bicyclic) bond motifs is 1. The number of thioether (sulfide) groups is 1. The molecule has 14 heteroatoms. The van der Waals surface area contributed by atoms with E-state index in [0.717, 1.165) is 91.3 Å². The van der Waals surface area contributed by atoms with Crippen LogP contribution in [0.5, 0.6) is 0 Å². The summed E-state index contributed by atoms with van der Waals surface area (Å²) in [5.41, 5.74) is 1.49. The van der Waals surface area contributed by atoms with Crippen molar-refractivity contribution in [2.24, 2.45) is 5.92 Å². The van der Waals surface area contributed by atoms with E-state index in [2.05, 4.69) is 47.1 Å². The smallest absolute Gasteiger partial charge is 0.261 e. The number of halogens is 2. The van der Waals surface area contributed by atoms with E-state index in [1.807, 2.05) is 0 Å². The number of nitrogens with one attached hydrogen (secondary N) is 3. The molecule has 0 bridgehead atoms. The third-order valence-electron chi connectivity index (χ3n) is 10.4. The van der Waals surface area contributed by atoms with Gasteiger partial charge in [0, 0.05) is 81.3 Å². The van der Waals surface area contributed by atoms with Crippen LogP contribution in [-0.2, 0) is 20.1 Å². The normalized spacial score (nSPS) is 21.2. The molecule has 1 atom stereocenters. The lowest BCUT2D eigenvalue weighted by atomic mass is 9.97. The Bertz CT molecular complexity index is 1890. The second kappa shape index (κ2) is 16.8. The zero-order valence-corrected chi connectivity index (χ0v) is 30.0. The van der Waals surface area contributed by atoms with Gasteiger partial charge in [-0.3, -0.25) is 24.6 Å². The summed E-state index contributed by atoms with van der Waals surface area (Å²) in [6.07, 6.45) is 4.48. The summed E-state index contributed by atoms with van der Waals surface area (Å²) in [6, 6.07) is 7.47. The highest BCUT2D eigenvalue weighted by atomic mass is 32.2. The molecule has 52 heavy (non-hydrogen) atoms. The summed E-state index contributed by atoms with van der Waals surface area (Å²) >= 11 is 1.75. The number of nitrogens with zero attached hydrogens (tertiary/aromatic N) is 4. The van der Waals surface area contributed by atoms with Crippen molar-refractivity contribution >= 4 is 45.9 Å². The number of H-pyrrole nitrogens is 1. The quantitative estimate of drug-likeness (QED) is 0.222. The predicted molar refractivity (Wildman–Crippen MR) is 198 cm³/mol. The van der Waals surface area contributed by atoms with Gasteiger partial charge in [0.2, 0.25) is 11.8 Å². The fourth-order valence-corrected chi connectivity index (χ4v) is 8.38. The number of amides is 2. The maximum absolute atomic E-state index is 15.1. The van der Waals surface area contributed by atoms with Crippen LogP contribution < -0.4 is 21.1 Å². The zero-order chi connectivity index (χ0) is 36.0. The first-order valence-corrected chi connectivity index (χ1v) is 19.3. The lowest BCUT2D eigenvalue weighted by Crippen LogP contribution is -2.49. The second-order valence-electron chi connectivity index (χ2n) is 14.0. The molecule has 0 radical (unpaired) electrons. The standard InChI is InChI=1S/C38H45F2N7O4S/c39-29-23-27(41-31-4-6-35(48)44-37(31)49)3-5-33(29)47-17-15-46(16-18-47)14-13-45-11-7-25(8-12-45)1-2-26-21-30(40)36-32(22-26)42-34(43-38(36)50)24-52-28-9-19-51-20-10-28/h3,5,21-23,25,28,31,41H,4,6-20,24H2,(H,42,43,50)(H,44,48,49). The molecule has 2 aromatic carbocycles. The molecule has 4 aliphatic rings. The minimum absolute atomic E-state index is 0.0255. The van der Waals surface area contributed by atoms with E-state index in [-0.39, 0.29) is 35.4 Å². The van der Waals surface area contributed by atoms with Crippen LogP contribution in [-0.4, -0.2) is 108 Å². The molecule has 4 fully saturated rings. The molecule has 0 saturated carbocycles. The highest BCUT2D eigenvalue weighted by Gasteiger charge is 2.27. The fourth-order valence-electron chi connectivity index (χ4n) is 7.32. The molecule has 1 aromatic heterocycles. The molecule has 1 unspecified atom stereocenters. The van der Waals surface area contributed by atoms with Crippen LogP contribution in [0, 0.1) is 29.4 Å². The van der Waals surface area contributed by atoms with Gasteiger partial charge in [0.05, 0.1) is 17.0 Å². The molecule has 4 aliphatic heterocycles. The summed E-state index contributed by atoms with van der Waals surface area (Å²) in [5, 5.41) is 5.80. The van der Waals surface area contributed by atoms with Gasteiger partial charge in [-0.05, 0) is 75.5 Å². The third-order valence-corrected chi connectivity index (χ3v) is 11.8. The van der Waals surface area contributed by atoms with Crippen molar-refractivity contribution in [2.75, 3.05) is 75.8 Å². The van der Waals surface area contributed by atoms with Crippen molar-refractivity contribution in [1.29, 1.82) is 0 Å². The van der Waals surface area contributed by atoms with Crippen LogP contribution in [0.1, 0.15) is 49.9 Å². The third kappa shape index (κ3) is 9.12. The lowest BCUT2D eigenvalue weighted by Gasteiger charge is -2.38. The molecule has 0 spiro atoms. The number of carbonyl (C=O) groups is 2. The van der Waals surface area contributed by atoms with Crippen molar-refractivity contribution in [1.82, 2.24) is 25.1 Å². The Kier molecular flexibility index (Phi) is 11.7. The summed E-state index contributed by atoms with van der Waals surface area (Å²) in [4.78, 5) is 50.4. The highest BCUT2D eigenvalue weighted by molar-refractivity contribution is 7.99. The summed E-state index contributed by atoms with van der Waals surface area (Å²) < 4.78 is 35.5. The summed E-state index contributed by atoms with van der Waals surface area (Å²) in [6.45, 7) is 8.44. The molecule has 3 N–H and O–H groups in total. The first-order valence-electron chi connectivity index (χ1n) is 18.3. The zero-order valence-electron chi connectivity index (χ0n) is 29.2. The minimum Gasteiger partial charge on any atom is -0.381 e. The Labute approximate surface area is 306 Å². The molecule has 4 saturated heterocycles. The maximum Gasteiger partial charge on any atom is 0.261 e. The van der Waals surface area contributed by atoms with Crippen LogP contribution in [0.3, 0.4) is 0 Å². The Morgan fingerprint density at radius 1 is 0.904 bits per heavy atom. The molecular formula is C38H45F2N7O4S. The van der Waals surface area contributed by atoms with E-state index >= 15 is 8.78 Å². The molecule has 5 heterocycles. The lowest BCUT2D eigenvalue weighted by molar-refractivity contribution is -0.133. The number of imide groups is 1. The fraction of sp³-hybridized carbons (Fsp3) is 0.526. The first-order chi connectivity index (χ1) is 25.3. The van der Waals surface area contributed by atoms with Gasteiger partial charge < -0.3 is 24.8 Å². The Morgan fingerprint density at radius 3 is 2.38 bits per heavy atom. The van der Waals surface area contributed by atoms with Gasteiger partial charge in [-0.1, -0.05) is 11.8 Å². The van der Waals surface area contributed by atoms with Gasteiger partial charge >= 0.3 is 0 Å². The Balaban J connectivity index is 0.849. The van der Waals surface area contributed by atoms with E-state index in [9.17, 15) is 14.4 Å². The number of aromatic nitrogens is 2. The molecular weight excluding hydrogens is 689 g/mol. The van der Waals surface area contributed by atoms with Gasteiger partial charge in [0.15, 0.2) is 0 Å². The number of likely N-dealkylation sites (tertiary alicyclic amines) is 1. The molecule has 11 nitrogen and oxygen atoms in total. The summed E-state index contributed by atoms with van der Waals surface area (Å²) in [7, 11) is 0. The van der Waals surface area contributed by atoms with Crippen molar-refractivity contribution in [3.8, 4) is 11.8 Å². The topological polar surface area (TPSA) is 123 Å².